The van der Waals surface area contributed by atoms with E-state index < -0.39 is 12.0 Å². The molecule has 0 saturated heterocycles. The van der Waals surface area contributed by atoms with E-state index >= 15 is 0 Å². The van der Waals surface area contributed by atoms with Gasteiger partial charge in [0.25, 0.3) is 5.91 Å². The number of rotatable bonds is 5. The molecule has 1 aromatic carbocycles. The molecule has 104 valence electrons. The van der Waals surface area contributed by atoms with Gasteiger partial charge in [-0.25, -0.2) is 0 Å². The van der Waals surface area contributed by atoms with Crippen molar-refractivity contribution in [3.63, 3.8) is 0 Å². The molecule has 6 heteroatoms. The van der Waals surface area contributed by atoms with Crippen LogP contribution in [-0.2, 0) is 4.79 Å². The zero-order chi connectivity index (χ0) is 14.5. The lowest BCUT2D eigenvalue weighted by Crippen LogP contribution is -2.29. The van der Waals surface area contributed by atoms with Crippen molar-refractivity contribution in [3.8, 4) is 0 Å². The van der Waals surface area contributed by atoms with E-state index in [-0.39, 0.29) is 12.3 Å². The summed E-state index contributed by atoms with van der Waals surface area (Å²) in [5.74, 6) is -1.20. The lowest BCUT2D eigenvalue weighted by atomic mass is 10.1. The van der Waals surface area contributed by atoms with Crippen molar-refractivity contribution in [2.75, 3.05) is 0 Å². The molecule has 20 heavy (non-hydrogen) atoms. The van der Waals surface area contributed by atoms with Gasteiger partial charge in [0, 0.05) is 14.0 Å². The Morgan fingerprint density at radius 2 is 2.10 bits per heavy atom. The lowest BCUT2D eigenvalue weighted by Gasteiger charge is -2.15. The highest BCUT2D eigenvalue weighted by Crippen LogP contribution is 2.22. The Balaban J connectivity index is 2.15. The average molecular weight is 401 g/mol. The highest BCUT2D eigenvalue weighted by atomic mass is 127. The first-order chi connectivity index (χ1) is 9.56. The fourth-order valence-corrected chi connectivity index (χ4v) is 3.08. The van der Waals surface area contributed by atoms with Crippen molar-refractivity contribution in [1.29, 1.82) is 0 Å². The number of carboxylic acid groups (broad SMARTS) is 1. The fourth-order valence-electron chi connectivity index (χ4n) is 1.76. The molecule has 1 unspecified atom stereocenters. The molecule has 0 aliphatic carbocycles. The van der Waals surface area contributed by atoms with Crippen molar-refractivity contribution in [1.82, 2.24) is 5.32 Å². The van der Waals surface area contributed by atoms with Gasteiger partial charge in [0.05, 0.1) is 12.5 Å². The number of carboxylic acids is 1. The van der Waals surface area contributed by atoms with Crippen LogP contribution in [0.15, 0.2) is 41.8 Å². The zero-order valence-electron chi connectivity index (χ0n) is 10.4. The first-order valence-corrected chi connectivity index (χ1v) is 7.83. The maximum absolute atomic E-state index is 12.2. The third-order valence-corrected chi connectivity index (χ3v) is 4.31. The van der Waals surface area contributed by atoms with Crippen LogP contribution < -0.4 is 5.32 Å². The third-order valence-electron chi connectivity index (χ3n) is 2.66. The summed E-state index contributed by atoms with van der Waals surface area (Å²) in [5, 5.41) is 13.6. The normalized spacial score (nSPS) is 11.8. The summed E-state index contributed by atoms with van der Waals surface area (Å²) in [6.07, 6.45) is -0.129. The number of nitrogens with one attached hydrogen (secondary N) is 1. The van der Waals surface area contributed by atoms with Gasteiger partial charge in [-0.3, -0.25) is 9.59 Å². The largest absolute Gasteiger partial charge is 0.481 e. The van der Waals surface area contributed by atoms with Crippen LogP contribution in [0.4, 0.5) is 0 Å². The summed E-state index contributed by atoms with van der Waals surface area (Å²) >= 11 is 3.56. The molecule has 0 aliphatic rings. The van der Waals surface area contributed by atoms with Crippen molar-refractivity contribution < 1.29 is 14.7 Å². The van der Waals surface area contributed by atoms with Gasteiger partial charge in [0.2, 0.25) is 0 Å². The number of aliphatic carboxylic acids is 1. The summed E-state index contributed by atoms with van der Waals surface area (Å²) in [7, 11) is 0. The molecule has 1 heterocycles. The molecular formula is C14H12INO3S. The van der Waals surface area contributed by atoms with Gasteiger partial charge < -0.3 is 10.4 Å². The van der Waals surface area contributed by atoms with Crippen LogP contribution in [0.2, 0.25) is 0 Å². The first-order valence-electron chi connectivity index (χ1n) is 5.88. The number of benzene rings is 1. The zero-order valence-corrected chi connectivity index (χ0v) is 13.3. The first kappa shape index (κ1) is 15.0. The molecule has 1 amide bonds. The molecule has 0 radical (unpaired) electrons. The Hall–Kier alpha value is -1.41. The van der Waals surface area contributed by atoms with Gasteiger partial charge in [-0.1, -0.05) is 12.1 Å². The number of thiophene rings is 1. The third kappa shape index (κ3) is 4.04. The molecule has 0 bridgehead atoms. The van der Waals surface area contributed by atoms with Gasteiger partial charge in [-0.2, -0.15) is 0 Å². The second kappa shape index (κ2) is 6.85. The molecule has 2 N–H and O–H groups in total. The minimum Gasteiger partial charge on any atom is -0.481 e. The van der Waals surface area contributed by atoms with Crippen LogP contribution >= 0.6 is 33.9 Å². The summed E-state index contributed by atoms with van der Waals surface area (Å²) in [4.78, 5) is 23.9. The number of halogens is 1. The van der Waals surface area contributed by atoms with Gasteiger partial charge in [-0.05, 0) is 52.2 Å². The van der Waals surface area contributed by atoms with E-state index in [1.54, 1.807) is 18.2 Å². The van der Waals surface area contributed by atoms with Gasteiger partial charge in [-0.15, -0.1) is 11.3 Å². The van der Waals surface area contributed by atoms with Crippen molar-refractivity contribution in [3.05, 3.63) is 55.8 Å². The molecule has 0 fully saturated rings. The minimum atomic E-state index is -0.939. The summed E-state index contributed by atoms with van der Waals surface area (Å²) in [5.41, 5.74) is 0.531. The average Bonchev–Trinajstić information content (AvgIpc) is 2.91. The standard InChI is InChI=1S/C14H12INO3S/c15-10-4-1-3-9(7-10)14(19)16-11(8-13(17)18)12-5-2-6-20-12/h1-7,11H,8H2,(H,16,19)(H,17,18). The smallest absolute Gasteiger partial charge is 0.305 e. The molecule has 4 nitrogen and oxygen atoms in total. The predicted molar refractivity (Wildman–Crippen MR) is 85.9 cm³/mol. The Morgan fingerprint density at radius 3 is 2.70 bits per heavy atom. The van der Waals surface area contributed by atoms with Crippen LogP contribution in [0.3, 0.4) is 0 Å². The number of carbonyl (C=O) groups is 2. The topological polar surface area (TPSA) is 66.4 Å². The van der Waals surface area contributed by atoms with E-state index in [1.165, 1.54) is 11.3 Å². The van der Waals surface area contributed by atoms with Crippen LogP contribution in [0, 0.1) is 3.57 Å². The monoisotopic (exact) mass is 401 g/mol. The fraction of sp³-hybridized carbons (Fsp3) is 0.143. The van der Waals surface area contributed by atoms with Crippen LogP contribution in [0.1, 0.15) is 27.7 Å². The lowest BCUT2D eigenvalue weighted by molar-refractivity contribution is -0.137. The summed E-state index contributed by atoms with van der Waals surface area (Å²) < 4.78 is 0.959. The van der Waals surface area contributed by atoms with Gasteiger partial charge in [0.15, 0.2) is 0 Å². The van der Waals surface area contributed by atoms with Crippen LogP contribution in [0.25, 0.3) is 0 Å². The van der Waals surface area contributed by atoms with Crippen LogP contribution in [-0.4, -0.2) is 17.0 Å². The number of carbonyl (C=O) groups excluding carboxylic acids is 1. The Bertz CT molecular complexity index is 613. The van der Waals surface area contributed by atoms with Crippen molar-refractivity contribution in [2.45, 2.75) is 12.5 Å². The maximum Gasteiger partial charge on any atom is 0.305 e. The molecule has 1 atom stereocenters. The van der Waals surface area contributed by atoms with E-state index in [2.05, 4.69) is 27.9 Å². The quantitative estimate of drug-likeness (QED) is 0.756. The van der Waals surface area contributed by atoms with Gasteiger partial charge in [0.1, 0.15) is 0 Å². The number of hydrogen-bond acceptors (Lipinski definition) is 3. The van der Waals surface area contributed by atoms with E-state index in [9.17, 15) is 9.59 Å². The molecule has 0 spiro atoms. The highest BCUT2D eigenvalue weighted by molar-refractivity contribution is 14.1. The Kier molecular flexibility index (Phi) is 5.13. The highest BCUT2D eigenvalue weighted by Gasteiger charge is 2.19. The molecule has 0 aliphatic heterocycles. The van der Waals surface area contributed by atoms with Gasteiger partial charge >= 0.3 is 5.97 Å². The van der Waals surface area contributed by atoms with Crippen molar-refractivity contribution in [2.24, 2.45) is 0 Å². The maximum atomic E-state index is 12.2. The number of amides is 1. The van der Waals surface area contributed by atoms with Crippen molar-refractivity contribution >= 4 is 45.8 Å². The SMILES string of the molecule is O=C(O)CC(NC(=O)c1cccc(I)c1)c1cccs1. The van der Waals surface area contributed by atoms with E-state index in [0.717, 1.165) is 8.45 Å². The molecule has 0 saturated carbocycles. The molecule has 2 rings (SSSR count). The summed E-state index contributed by atoms with van der Waals surface area (Å²) in [6.45, 7) is 0. The second-order valence-corrected chi connectivity index (χ2v) is 6.37. The van der Waals surface area contributed by atoms with E-state index in [1.807, 2.05) is 23.6 Å². The van der Waals surface area contributed by atoms with Crippen LogP contribution in [0.5, 0.6) is 0 Å². The minimum absolute atomic E-state index is 0.129. The molecule has 1 aromatic heterocycles. The second-order valence-electron chi connectivity index (χ2n) is 4.15. The predicted octanol–water partition coefficient (Wildman–Crippen LogP) is 3.30. The van der Waals surface area contributed by atoms with E-state index in [0.29, 0.717) is 5.56 Å². The number of hydrogen-bond donors (Lipinski definition) is 2. The van der Waals surface area contributed by atoms with E-state index in [4.69, 9.17) is 5.11 Å². The molecular weight excluding hydrogens is 389 g/mol. The Labute approximate surface area is 134 Å². The summed E-state index contributed by atoms with van der Waals surface area (Å²) in [6, 6.07) is 10.3. The Morgan fingerprint density at radius 1 is 1.30 bits per heavy atom. The molecule has 2 aromatic rings.